The summed E-state index contributed by atoms with van der Waals surface area (Å²) < 4.78 is 56.1. The number of benzene rings is 1. The maximum absolute atomic E-state index is 12.5. The van der Waals surface area contributed by atoms with Crippen LogP contribution in [0, 0.1) is 6.92 Å². The molecule has 3 N–H and O–H groups in total. The summed E-state index contributed by atoms with van der Waals surface area (Å²) in [4.78, 5) is 11.7. The number of hydrogen-bond donors (Lipinski definition) is 2. The molecule has 2 aromatic rings. The number of ether oxygens (including phenoxy) is 1. The van der Waals surface area contributed by atoms with Gasteiger partial charge < -0.3 is 9.30 Å². The highest BCUT2D eigenvalue weighted by Gasteiger charge is 2.24. The fraction of sp³-hybridized carbons (Fsp3) is 0.312. The van der Waals surface area contributed by atoms with E-state index >= 15 is 0 Å². The Morgan fingerprint density at radius 2 is 1.78 bits per heavy atom. The molecule has 27 heavy (non-hydrogen) atoms. The molecule has 1 heterocycles. The van der Waals surface area contributed by atoms with Crippen molar-refractivity contribution >= 4 is 26.0 Å². The maximum Gasteiger partial charge on any atom is 0.354 e. The average Bonchev–Trinajstić information content (AvgIpc) is 2.90. The molecule has 0 aliphatic carbocycles. The first kappa shape index (κ1) is 21.1. The highest BCUT2D eigenvalue weighted by Crippen LogP contribution is 2.20. The van der Waals surface area contributed by atoms with Crippen LogP contribution < -0.4 is 9.86 Å². The lowest BCUT2D eigenvalue weighted by Gasteiger charge is -2.07. The summed E-state index contributed by atoms with van der Waals surface area (Å²) in [5.41, 5.74) is 1.28. The van der Waals surface area contributed by atoms with Crippen molar-refractivity contribution in [3.05, 3.63) is 47.3 Å². The lowest BCUT2D eigenvalue weighted by Crippen LogP contribution is -2.26. The maximum atomic E-state index is 12.5. The summed E-state index contributed by atoms with van der Waals surface area (Å²) in [7, 11) is -4.80. The largest absolute Gasteiger partial charge is 0.464 e. The predicted molar refractivity (Wildman–Crippen MR) is 98.2 cm³/mol. The van der Waals surface area contributed by atoms with Crippen molar-refractivity contribution in [3.8, 4) is 0 Å². The number of hydrogen-bond acceptors (Lipinski definition) is 6. The second-order valence-corrected chi connectivity index (χ2v) is 9.16. The molecule has 1 aromatic heterocycles. The third kappa shape index (κ3) is 4.75. The molecule has 0 fully saturated rings. The van der Waals surface area contributed by atoms with Gasteiger partial charge in [0.2, 0.25) is 20.0 Å². The van der Waals surface area contributed by atoms with Crippen LogP contribution in [0.15, 0.2) is 40.1 Å². The Hall–Kier alpha value is -2.21. The third-order valence-corrected chi connectivity index (χ3v) is 6.64. The molecule has 148 valence electrons. The minimum Gasteiger partial charge on any atom is -0.464 e. The van der Waals surface area contributed by atoms with Crippen LogP contribution >= 0.6 is 0 Å². The molecule has 2 rings (SSSR count). The zero-order valence-electron chi connectivity index (χ0n) is 15.1. The fourth-order valence-electron chi connectivity index (χ4n) is 2.50. The Kier molecular flexibility index (Phi) is 6.10. The molecule has 0 aliphatic rings. The second kappa shape index (κ2) is 7.80. The number of carbonyl (C=O) groups excluding carboxylic acids is 1. The van der Waals surface area contributed by atoms with Crippen molar-refractivity contribution in [2.24, 2.45) is 12.2 Å². The zero-order valence-corrected chi connectivity index (χ0v) is 16.7. The van der Waals surface area contributed by atoms with Crippen LogP contribution in [0.3, 0.4) is 0 Å². The molecule has 0 bridgehead atoms. The van der Waals surface area contributed by atoms with Gasteiger partial charge >= 0.3 is 5.97 Å². The van der Waals surface area contributed by atoms with E-state index in [0.717, 1.165) is 5.56 Å². The lowest BCUT2D eigenvalue weighted by molar-refractivity contribution is 0.0589. The van der Waals surface area contributed by atoms with Crippen molar-refractivity contribution in [3.63, 3.8) is 0 Å². The predicted octanol–water partition coefficient (Wildman–Crippen LogP) is 0.289. The molecule has 9 nitrogen and oxygen atoms in total. The van der Waals surface area contributed by atoms with E-state index in [1.54, 1.807) is 26.1 Å². The summed E-state index contributed by atoms with van der Waals surface area (Å²) >= 11 is 0. The van der Waals surface area contributed by atoms with Gasteiger partial charge in [0.05, 0.1) is 12.0 Å². The average molecular weight is 415 g/mol. The van der Waals surface area contributed by atoms with Crippen LogP contribution in [0.1, 0.15) is 21.7 Å². The SMILES string of the molecule is COC(=O)c1cc(S(=O)(=O)NCCc2ccc(S(N)(=O)=O)cc2)c(C)n1C. The zero-order chi connectivity index (χ0) is 20.4. The van der Waals surface area contributed by atoms with E-state index in [-0.39, 0.29) is 22.0 Å². The normalized spacial score (nSPS) is 12.1. The number of methoxy groups -OCH3 is 1. The molecule has 0 amide bonds. The standard InChI is InChI=1S/C16H21N3O6S2/c1-11-15(10-14(19(11)2)16(20)25-3)27(23,24)18-9-8-12-4-6-13(7-5-12)26(17,21)22/h4-7,10,18H,8-9H2,1-3H3,(H2,17,21,22). The van der Waals surface area contributed by atoms with Crippen LogP contribution in [-0.4, -0.2) is 41.0 Å². The van der Waals surface area contributed by atoms with Gasteiger partial charge in [0.25, 0.3) is 0 Å². The summed E-state index contributed by atoms with van der Waals surface area (Å²) in [5.74, 6) is -0.628. The van der Waals surface area contributed by atoms with Gasteiger partial charge in [0.1, 0.15) is 10.6 Å². The van der Waals surface area contributed by atoms with Gasteiger partial charge in [-0.1, -0.05) is 12.1 Å². The fourth-order valence-corrected chi connectivity index (χ4v) is 4.33. The molecule has 0 spiro atoms. The molecule has 0 saturated heterocycles. The Labute approximate surface area is 158 Å². The Morgan fingerprint density at radius 3 is 2.30 bits per heavy atom. The number of sulfonamides is 2. The number of carbonyl (C=O) groups is 1. The van der Waals surface area contributed by atoms with E-state index in [0.29, 0.717) is 12.1 Å². The summed E-state index contributed by atoms with van der Waals surface area (Å²) in [6, 6.07) is 7.13. The summed E-state index contributed by atoms with van der Waals surface area (Å²) in [6.07, 6.45) is 0.347. The molecule has 1 aromatic carbocycles. The molecular formula is C16H21N3O6S2. The first-order valence-electron chi connectivity index (χ1n) is 7.83. The topological polar surface area (TPSA) is 138 Å². The van der Waals surface area contributed by atoms with E-state index in [9.17, 15) is 21.6 Å². The minimum atomic E-state index is -3.83. The van der Waals surface area contributed by atoms with Gasteiger partial charge in [-0.2, -0.15) is 0 Å². The number of nitrogens with zero attached hydrogens (tertiary/aromatic N) is 1. The third-order valence-electron chi connectivity index (χ3n) is 4.13. The molecule has 0 radical (unpaired) electrons. The second-order valence-electron chi connectivity index (χ2n) is 5.87. The number of nitrogens with two attached hydrogens (primary N) is 1. The van der Waals surface area contributed by atoms with Gasteiger partial charge in [-0.3, -0.25) is 0 Å². The van der Waals surface area contributed by atoms with Crippen LogP contribution in [0.4, 0.5) is 0 Å². The minimum absolute atomic E-state index is 0.00465. The van der Waals surface area contributed by atoms with E-state index in [1.165, 1.54) is 29.9 Å². The van der Waals surface area contributed by atoms with E-state index in [2.05, 4.69) is 9.46 Å². The monoisotopic (exact) mass is 415 g/mol. The molecule has 11 heteroatoms. The van der Waals surface area contributed by atoms with Gasteiger partial charge in [-0.15, -0.1) is 0 Å². The molecule has 0 saturated carbocycles. The van der Waals surface area contributed by atoms with Gasteiger partial charge in [0, 0.05) is 19.3 Å². The molecule has 0 unspecified atom stereocenters. The van der Waals surface area contributed by atoms with Crippen LogP contribution in [0.25, 0.3) is 0 Å². The highest BCUT2D eigenvalue weighted by atomic mass is 32.2. The van der Waals surface area contributed by atoms with E-state index in [1.807, 2.05) is 0 Å². The van der Waals surface area contributed by atoms with Crippen molar-refractivity contribution in [2.75, 3.05) is 13.7 Å². The first-order chi connectivity index (χ1) is 12.5. The van der Waals surface area contributed by atoms with Crippen molar-refractivity contribution in [2.45, 2.75) is 23.1 Å². The number of aromatic nitrogens is 1. The lowest BCUT2D eigenvalue weighted by atomic mass is 10.2. The van der Waals surface area contributed by atoms with Crippen LogP contribution in [-0.2, 0) is 38.3 Å². The van der Waals surface area contributed by atoms with Crippen molar-refractivity contribution in [1.29, 1.82) is 0 Å². The highest BCUT2D eigenvalue weighted by molar-refractivity contribution is 7.89. The quantitative estimate of drug-likeness (QED) is 0.624. The van der Waals surface area contributed by atoms with Crippen molar-refractivity contribution < 1.29 is 26.4 Å². The smallest absolute Gasteiger partial charge is 0.354 e. The van der Waals surface area contributed by atoms with Gasteiger partial charge in [0.15, 0.2) is 0 Å². The first-order valence-corrected chi connectivity index (χ1v) is 10.9. The summed E-state index contributed by atoms with van der Waals surface area (Å²) in [6.45, 7) is 1.69. The van der Waals surface area contributed by atoms with Crippen LogP contribution in [0.5, 0.6) is 0 Å². The van der Waals surface area contributed by atoms with E-state index < -0.39 is 26.0 Å². The molecule has 0 aliphatic heterocycles. The number of esters is 1. The Balaban J connectivity index is 2.10. The van der Waals surface area contributed by atoms with Gasteiger partial charge in [-0.25, -0.2) is 31.5 Å². The Morgan fingerprint density at radius 1 is 1.19 bits per heavy atom. The van der Waals surface area contributed by atoms with Crippen molar-refractivity contribution in [1.82, 2.24) is 9.29 Å². The number of rotatable bonds is 7. The van der Waals surface area contributed by atoms with E-state index in [4.69, 9.17) is 5.14 Å². The number of nitrogens with one attached hydrogen (secondary N) is 1. The molecular weight excluding hydrogens is 394 g/mol. The van der Waals surface area contributed by atoms with Crippen LogP contribution in [0.2, 0.25) is 0 Å². The summed E-state index contributed by atoms with van der Waals surface area (Å²) in [5, 5.41) is 5.03. The molecule has 0 atom stereocenters. The van der Waals surface area contributed by atoms with Gasteiger partial charge in [-0.05, 0) is 37.1 Å². The Bertz CT molecular complexity index is 1050. The number of primary sulfonamides is 1.